The van der Waals surface area contributed by atoms with Gasteiger partial charge in [-0.05, 0) is 17.7 Å². The summed E-state index contributed by atoms with van der Waals surface area (Å²) in [5.41, 5.74) is 0.471. The maximum atomic E-state index is 12.8. The molecular formula is C13H13F4NO3. The van der Waals surface area contributed by atoms with Gasteiger partial charge in [-0.25, -0.2) is 9.18 Å². The summed E-state index contributed by atoms with van der Waals surface area (Å²) in [5, 5.41) is 1.96. The van der Waals surface area contributed by atoms with E-state index < -0.39 is 36.3 Å². The van der Waals surface area contributed by atoms with E-state index in [2.05, 4.69) is 4.74 Å². The lowest BCUT2D eigenvalue weighted by atomic mass is 10.1. The third kappa shape index (κ3) is 6.24. The van der Waals surface area contributed by atoms with Crippen molar-refractivity contribution in [3.8, 4) is 0 Å². The van der Waals surface area contributed by atoms with Crippen molar-refractivity contribution >= 4 is 11.9 Å². The zero-order valence-electron chi connectivity index (χ0n) is 11.0. The van der Waals surface area contributed by atoms with Gasteiger partial charge in [0.15, 0.2) is 0 Å². The van der Waals surface area contributed by atoms with Crippen molar-refractivity contribution in [2.24, 2.45) is 0 Å². The van der Waals surface area contributed by atoms with Gasteiger partial charge in [-0.1, -0.05) is 12.1 Å². The Bertz CT molecular complexity index is 499. The molecule has 0 aliphatic carbocycles. The standard InChI is InChI=1S/C13H13F4NO3/c1-21-12(20)10(18-11(19)7-13(15,16)17)6-8-2-4-9(14)5-3-8/h2-5,10H,6-7H2,1H3,(H,18,19)/t10-/m0/s1. The van der Waals surface area contributed by atoms with Gasteiger partial charge in [0.05, 0.1) is 7.11 Å². The fourth-order valence-electron chi connectivity index (χ4n) is 1.62. The number of carbonyl (C=O) groups is 2. The first-order valence-electron chi connectivity index (χ1n) is 5.89. The first-order valence-corrected chi connectivity index (χ1v) is 5.89. The molecule has 1 aromatic carbocycles. The van der Waals surface area contributed by atoms with Crippen molar-refractivity contribution in [3.63, 3.8) is 0 Å². The molecule has 21 heavy (non-hydrogen) atoms. The molecule has 4 nitrogen and oxygen atoms in total. The molecule has 1 aromatic rings. The lowest BCUT2D eigenvalue weighted by molar-refractivity contribution is -0.157. The number of esters is 1. The molecule has 1 atom stereocenters. The van der Waals surface area contributed by atoms with Gasteiger partial charge in [0.25, 0.3) is 0 Å². The van der Waals surface area contributed by atoms with Crippen molar-refractivity contribution in [3.05, 3.63) is 35.6 Å². The third-order valence-corrected chi connectivity index (χ3v) is 2.54. The maximum Gasteiger partial charge on any atom is 0.397 e. The summed E-state index contributed by atoms with van der Waals surface area (Å²) >= 11 is 0. The van der Waals surface area contributed by atoms with E-state index in [1.165, 1.54) is 12.1 Å². The van der Waals surface area contributed by atoms with Gasteiger partial charge in [-0.2, -0.15) is 13.2 Å². The van der Waals surface area contributed by atoms with Crippen molar-refractivity contribution in [2.75, 3.05) is 7.11 Å². The minimum Gasteiger partial charge on any atom is -0.467 e. The SMILES string of the molecule is COC(=O)[C@H](Cc1ccc(F)cc1)NC(=O)CC(F)(F)F. The highest BCUT2D eigenvalue weighted by atomic mass is 19.4. The van der Waals surface area contributed by atoms with Gasteiger partial charge in [-0.15, -0.1) is 0 Å². The number of halogens is 4. The van der Waals surface area contributed by atoms with Gasteiger partial charge in [0, 0.05) is 6.42 Å². The summed E-state index contributed by atoms with van der Waals surface area (Å²) in [6, 6.07) is 3.74. The average molecular weight is 307 g/mol. The number of carbonyl (C=O) groups excluding carboxylic acids is 2. The molecule has 0 spiro atoms. The smallest absolute Gasteiger partial charge is 0.397 e. The van der Waals surface area contributed by atoms with Gasteiger partial charge < -0.3 is 10.1 Å². The molecule has 0 aromatic heterocycles. The molecule has 0 unspecified atom stereocenters. The first kappa shape index (κ1) is 16.9. The summed E-state index contributed by atoms with van der Waals surface area (Å²) in [4.78, 5) is 22.7. The first-order chi connectivity index (χ1) is 9.71. The van der Waals surface area contributed by atoms with Crippen LogP contribution in [0.15, 0.2) is 24.3 Å². The molecule has 8 heteroatoms. The molecule has 1 N–H and O–H groups in total. The predicted octanol–water partition coefficient (Wildman–Crippen LogP) is 1.98. The topological polar surface area (TPSA) is 55.4 Å². The molecule has 0 aliphatic rings. The number of hydrogen-bond acceptors (Lipinski definition) is 3. The summed E-state index contributed by atoms with van der Waals surface area (Å²) in [6.07, 6.45) is -6.46. The lowest BCUT2D eigenvalue weighted by Gasteiger charge is -2.17. The molecule has 0 saturated carbocycles. The quantitative estimate of drug-likeness (QED) is 0.668. The second-order valence-corrected chi connectivity index (χ2v) is 4.27. The highest BCUT2D eigenvalue weighted by molar-refractivity contribution is 5.84. The van der Waals surface area contributed by atoms with Crippen molar-refractivity contribution in [1.29, 1.82) is 0 Å². The lowest BCUT2D eigenvalue weighted by Crippen LogP contribution is -2.44. The van der Waals surface area contributed by atoms with E-state index in [0.717, 1.165) is 19.2 Å². The molecule has 0 heterocycles. The number of nitrogens with one attached hydrogen (secondary N) is 1. The number of ether oxygens (including phenoxy) is 1. The number of benzene rings is 1. The van der Waals surface area contributed by atoms with Gasteiger partial charge in [-0.3, -0.25) is 4.79 Å². The van der Waals surface area contributed by atoms with Crippen molar-refractivity contribution < 1.29 is 31.9 Å². The monoisotopic (exact) mass is 307 g/mol. The Balaban J connectivity index is 2.74. The van der Waals surface area contributed by atoms with Crippen LogP contribution in [0.5, 0.6) is 0 Å². The second-order valence-electron chi connectivity index (χ2n) is 4.27. The Labute approximate surface area is 118 Å². The Kier molecular flexibility index (Phi) is 5.69. The number of rotatable bonds is 5. The summed E-state index contributed by atoms with van der Waals surface area (Å²) < 4.78 is 53.5. The van der Waals surface area contributed by atoms with Crippen LogP contribution in [0.1, 0.15) is 12.0 Å². The van der Waals surface area contributed by atoms with Gasteiger partial charge in [0.1, 0.15) is 18.3 Å². The van der Waals surface area contributed by atoms with Crippen LogP contribution in [-0.2, 0) is 20.7 Å². The van der Waals surface area contributed by atoms with Crippen molar-refractivity contribution in [2.45, 2.75) is 25.1 Å². The van der Waals surface area contributed by atoms with E-state index in [0.29, 0.717) is 5.56 Å². The van der Waals surface area contributed by atoms with E-state index in [1.54, 1.807) is 0 Å². The van der Waals surface area contributed by atoms with Crippen LogP contribution in [0.25, 0.3) is 0 Å². The normalized spacial score (nSPS) is 12.6. The summed E-state index contributed by atoms with van der Waals surface area (Å²) in [7, 11) is 1.05. The third-order valence-electron chi connectivity index (χ3n) is 2.54. The number of amides is 1. The summed E-state index contributed by atoms with van der Waals surface area (Å²) in [6.45, 7) is 0. The Morgan fingerprint density at radius 2 is 1.81 bits per heavy atom. The summed E-state index contributed by atoms with van der Waals surface area (Å²) in [5.74, 6) is -2.70. The highest BCUT2D eigenvalue weighted by Crippen LogP contribution is 2.19. The minimum absolute atomic E-state index is 0.101. The van der Waals surface area contributed by atoms with E-state index in [9.17, 15) is 27.2 Å². The van der Waals surface area contributed by atoms with Gasteiger partial charge >= 0.3 is 12.1 Å². The van der Waals surface area contributed by atoms with Crippen molar-refractivity contribution in [1.82, 2.24) is 5.32 Å². The molecule has 116 valence electrons. The fraction of sp³-hybridized carbons (Fsp3) is 0.385. The minimum atomic E-state index is -4.67. The largest absolute Gasteiger partial charge is 0.467 e. The predicted molar refractivity (Wildman–Crippen MR) is 64.7 cm³/mol. The van der Waals surface area contributed by atoms with Crippen LogP contribution in [-0.4, -0.2) is 31.2 Å². The Hall–Kier alpha value is -2.12. The van der Waals surface area contributed by atoms with E-state index in [1.807, 2.05) is 5.32 Å². The zero-order chi connectivity index (χ0) is 16.0. The molecule has 0 fully saturated rings. The molecule has 1 rings (SSSR count). The molecule has 0 radical (unpaired) electrons. The molecule has 0 bridgehead atoms. The number of hydrogen-bond donors (Lipinski definition) is 1. The molecule has 0 aliphatic heterocycles. The maximum absolute atomic E-state index is 12.8. The Morgan fingerprint density at radius 3 is 2.29 bits per heavy atom. The molecular weight excluding hydrogens is 294 g/mol. The van der Waals surface area contributed by atoms with Gasteiger partial charge in [0.2, 0.25) is 5.91 Å². The molecule has 1 amide bonds. The fourth-order valence-corrected chi connectivity index (χ4v) is 1.62. The van der Waals surface area contributed by atoms with Crippen LogP contribution in [0, 0.1) is 5.82 Å². The average Bonchev–Trinajstić information content (AvgIpc) is 2.37. The number of methoxy groups -OCH3 is 1. The van der Waals surface area contributed by atoms with Crippen LogP contribution in [0.4, 0.5) is 17.6 Å². The van der Waals surface area contributed by atoms with Crippen LogP contribution in [0.3, 0.4) is 0 Å². The van der Waals surface area contributed by atoms with Crippen LogP contribution in [0.2, 0.25) is 0 Å². The van der Waals surface area contributed by atoms with E-state index >= 15 is 0 Å². The van der Waals surface area contributed by atoms with Crippen LogP contribution < -0.4 is 5.32 Å². The zero-order valence-corrected chi connectivity index (χ0v) is 11.0. The highest BCUT2D eigenvalue weighted by Gasteiger charge is 2.33. The molecule has 0 saturated heterocycles. The van der Waals surface area contributed by atoms with E-state index in [4.69, 9.17) is 0 Å². The van der Waals surface area contributed by atoms with Crippen LogP contribution >= 0.6 is 0 Å². The van der Waals surface area contributed by atoms with E-state index in [-0.39, 0.29) is 6.42 Å². The Morgan fingerprint density at radius 1 is 1.24 bits per heavy atom. The second kappa shape index (κ2) is 7.05. The number of alkyl halides is 3.